The first-order valence-corrected chi connectivity index (χ1v) is 9.50. The van der Waals surface area contributed by atoms with Gasteiger partial charge in [0.05, 0.1) is 4.88 Å². The molecule has 0 bridgehead atoms. The van der Waals surface area contributed by atoms with Gasteiger partial charge in [-0.15, -0.1) is 11.3 Å². The molecule has 2 nitrogen and oxygen atoms in total. The summed E-state index contributed by atoms with van der Waals surface area (Å²) in [5.41, 5.74) is 8.60. The third kappa shape index (κ3) is 1.71. The minimum absolute atomic E-state index is 1.01. The van der Waals surface area contributed by atoms with Crippen molar-refractivity contribution < 1.29 is 0 Å². The van der Waals surface area contributed by atoms with Crippen LogP contribution in [0.3, 0.4) is 0 Å². The summed E-state index contributed by atoms with van der Waals surface area (Å²) in [6, 6.07) is 19.8. The van der Waals surface area contributed by atoms with Crippen molar-refractivity contribution in [1.29, 1.82) is 0 Å². The van der Waals surface area contributed by atoms with Crippen LogP contribution in [-0.4, -0.2) is 9.97 Å². The first kappa shape index (κ1) is 14.2. The highest BCUT2D eigenvalue weighted by Gasteiger charge is 2.23. The zero-order chi connectivity index (χ0) is 17.3. The number of aryl methyl sites for hydroxylation is 1. The number of fused-ring (bicyclic) bond motifs is 4. The molecule has 3 aromatic carbocycles. The van der Waals surface area contributed by atoms with E-state index < -0.39 is 0 Å². The second-order valence-electron chi connectivity index (χ2n) is 6.68. The molecule has 1 aliphatic rings. The summed E-state index contributed by atoms with van der Waals surface area (Å²) in [6.45, 7) is 2.13. The lowest BCUT2D eigenvalue weighted by Crippen LogP contribution is -1.84. The third-order valence-electron chi connectivity index (χ3n) is 5.29. The van der Waals surface area contributed by atoms with Crippen molar-refractivity contribution in [3.05, 3.63) is 71.9 Å². The summed E-state index contributed by atoms with van der Waals surface area (Å²) in [7, 11) is 0. The molecule has 1 aliphatic carbocycles. The molecule has 3 heteroatoms. The molecule has 0 spiro atoms. The Morgan fingerprint density at radius 3 is 2.12 bits per heavy atom. The van der Waals surface area contributed by atoms with Gasteiger partial charge in [0, 0.05) is 22.8 Å². The predicted molar refractivity (Wildman–Crippen MR) is 110 cm³/mol. The van der Waals surface area contributed by atoms with Gasteiger partial charge in [-0.2, -0.15) is 0 Å². The van der Waals surface area contributed by atoms with Gasteiger partial charge in [-0.25, -0.2) is 0 Å². The van der Waals surface area contributed by atoms with E-state index in [1.165, 1.54) is 48.3 Å². The standard InChI is InChI=1S/C23H14N2S/c1-13-21-22(25-12-11-24-21)23(26-13)19-10-9-18-15-6-3-2-5-14(15)16-7-4-8-17(19)20(16)18/h2-12H,1H3. The molecule has 0 atom stereocenters. The van der Waals surface area contributed by atoms with E-state index in [4.69, 9.17) is 0 Å². The van der Waals surface area contributed by atoms with Gasteiger partial charge in [-0.1, -0.05) is 54.6 Å². The summed E-state index contributed by atoms with van der Waals surface area (Å²) < 4.78 is 0. The van der Waals surface area contributed by atoms with E-state index in [-0.39, 0.29) is 0 Å². The van der Waals surface area contributed by atoms with Crippen molar-refractivity contribution in [3.8, 4) is 32.7 Å². The van der Waals surface area contributed by atoms with Gasteiger partial charge < -0.3 is 0 Å². The van der Waals surface area contributed by atoms with Gasteiger partial charge in [0.1, 0.15) is 11.0 Å². The Labute approximate surface area is 154 Å². The zero-order valence-corrected chi connectivity index (χ0v) is 15.0. The fourth-order valence-corrected chi connectivity index (χ4v) is 5.29. The SMILES string of the molecule is Cc1sc(-c2ccc3c4c(cccc24)-c2ccccc2-3)c2nccnc12. The van der Waals surface area contributed by atoms with Crippen molar-refractivity contribution in [3.63, 3.8) is 0 Å². The summed E-state index contributed by atoms with van der Waals surface area (Å²) in [4.78, 5) is 11.6. The molecule has 6 rings (SSSR count). The summed E-state index contributed by atoms with van der Waals surface area (Å²) >= 11 is 1.79. The van der Waals surface area contributed by atoms with Crippen molar-refractivity contribution >= 4 is 33.1 Å². The van der Waals surface area contributed by atoms with Crippen LogP contribution in [-0.2, 0) is 0 Å². The van der Waals surface area contributed by atoms with Crippen LogP contribution in [0.5, 0.6) is 0 Å². The lowest BCUT2D eigenvalue weighted by Gasteiger charge is -2.08. The molecular weight excluding hydrogens is 336 g/mol. The molecule has 0 radical (unpaired) electrons. The van der Waals surface area contributed by atoms with Gasteiger partial charge in [0.2, 0.25) is 0 Å². The smallest absolute Gasteiger partial charge is 0.108 e. The Balaban J connectivity index is 1.74. The number of hydrogen-bond acceptors (Lipinski definition) is 3. The molecular formula is C23H14N2S. The van der Waals surface area contributed by atoms with Crippen molar-refractivity contribution in [2.24, 2.45) is 0 Å². The zero-order valence-electron chi connectivity index (χ0n) is 14.2. The van der Waals surface area contributed by atoms with Crippen LogP contribution in [0, 0.1) is 6.92 Å². The molecule has 26 heavy (non-hydrogen) atoms. The van der Waals surface area contributed by atoms with Crippen LogP contribution < -0.4 is 0 Å². The second-order valence-corrected chi connectivity index (χ2v) is 7.90. The van der Waals surface area contributed by atoms with E-state index in [0.29, 0.717) is 0 Å². The van der Waals surface area contributed by atoms with E-state index in [2.05, 4.69) is 71.5 Å². The summed E-state index contributed by atoms with van der Waals surface area (Å²) in [5.74, 6) is 0. The molecule has 0 saturated carbocycles. The minimum Gasteiger partial charge on any atom is -0.252 e. The Hall–Kier alpha value is -3.04. The number of rotatable bonds is 1. The molecule has 0 aliphatic heterocycles. The van der Waals surface area contributed by atoms with Gasteiger partial charge in [0.15, 0.2) is 0 Å². The molecule has 2 heterocycles. The van der Waals surface area contributed by atoms with Crippen LogP contribution in [0.25, 0.3) is 54.5 Å². The monoisotopic (exact) mass is 350 g/mol. The Morgan fingerprint density at radius 2 is 1.31 bits per heavy atom. The van der Waals surface area contributed by atoms with E-state index in [1.54, 1.807) is 23.7 Å². The third-order valence-corrected chi connectivity index (χ3v) is 6.41. The number of hydrogen-bond donors (Lipinski definition) is 0. The Kier molecular flexibility index (Phi) is 2.72. The van der Waals surface area contributed by atoms with Gasteiger partial charge in [-0.05, 0) is 39.9 Å². The molecule has 0 unspecified atom stereocenters. The van der Waals surface area contributed by atoms with Crippen molar-refractivity contribution in [2.75, 3.05) is 0 Å². The molecule has 0 amide bonds. The van der Waals surface area contributed by atoms with Crippen LogP contribution >= 0.6 is 11.3 Å². The Morgan fingerprint density at radius 1 is 0.654 bits per heavy atom. The average molecular weight is 350 g/mol. The van der Waals surface area contributed by atoms with Crippen LogP contribution in [0.1, 0.15) is 4.88 Å². The highest BCUT2D eigenvalue weighted by atomic mass is 32.1. The van der Waals surface area contributed by atoms with Crippen LogP contribution in [0.4, 0.5) is 0 Å². The average Bonchev–Trinajstić information content (AvgIpc) is 3.20. The second kappa shape index (κ2) is 4.99. The van der Waals surface area contributed by atoms with E-state index in [0.717, 1.165) is 11.0 Å². The first-order valence-electron chi connectivity index (χ1n) is 8.69. The topological polar surface area (TPSA) is 25.8 Å². The van der Waals surface area contributed by atoms with Crippen LogP contribution in [0.15, 0.2) is 67.0 Å². The maximum atomic E-state index is 4.63. The van der Waals surface area contributed by atoms with E-state index in [9.17, 15) is 0 Å². The molecule has 5 aromatic rings. The maximum Gasteiger partial charge on any atom is 0.108 e. The van der Waals surface area contributed by atoms with E-state index >= 15 is 0 Å². The summed E-state index contributed by atoms with van der Waals surface area (Å²) in [6.07, 6.45) is 3.56. The first-order chi connectivity index (χ1) is 12.8. The van der Waals surface area contributed by atoms with Crippen molar-refractivity contribution in [1.82, 2.24) is 9.97 Å². The number of nitrogens with zero attached hydrogens (tertiary/aromatic N) is 2. The lowest BCUT2D eigenvalue weighted by atomic mass is 9.97. The fourth-order valence-electron chi connectivity index (χ4n) is 4.20. The minimum atomic E-state index is 1.01. The molecule has 0 saturated heterocycles. The van der Waals surface area contributed by atoms with E-state index in [1.807, 2.05) is 0 Å². The predicted octanol–water partition coefficient (Wildman–Crippen LogP) is 6.47. The normalized spacial score (nSPS) is 12.0. The maximum absolute atomic E-state index is 4.63. The number of thiophene rings is 1. The molecule has 2 aromatic heterocycles. The number of aromatic nitrogens is 2. The highest BCUT2D eigenvalue weighted by Crippen LogP contribution is 2.50. The summed E-state index contributed by atoms with van der Waals surface area (Å²) in [5, 5.41) is 2.65. The van der Waals surface area contributed by atoms with Gasteiger partial charge in [-0.3, -0.25) is 9.97 Å². The van der Waals surface area contributed by atoms with Gasteiger partial charge in [0.25, 0.3) is 0 Å². The molecule has 0 fully saturated rings. The number of benzene rings is 3. The largest absolute Gasteiger partial charge is 0.252 e. The Bertz CT molecular complexity index is 1320. The quantitative estimate of drug-likeness (QED) is 0.340. The molecule has 122 valence electrons. The fraction of sp³-hybridized carbons (Fsp3) is 0.0435. The highest BCUT2D eigenvalue weighted by molar-refractivity contribution is 7.17. The van der Waals surface area contributed by atoms with Gasteiger partial charge >= 0.3 is 0 Å². The van der Waals surface area contributed by atoms with Crippen molar-refractivity contribution in [2.45, 2.75) is 6.92 Å². The lowest BCUT2D eigenvalue weighted by molar-refractivity contribution is 1.30. The molecule has 0 N–H and O–H groups in total. The van der Waals surface area contributed by atoms with Crippen LogP contribution in [0.2, 0.25) is 0 Å².